The third-order valence-corrected chi connectivity index (χ3v) is 1.71. The van der Waals surface area contributed by atoms with E-state index in [4.69, 9.17) is 4.74 Å². The SMILES string of the molecule is CCOC(=O)ON=Cc1ccc(OC)cc1. The average molecular weight is 223 g/mol. The number of carbonyl (C=O) groups excluding carboxylic acids is 1. The zero-order valence-corrected chi connectivity index (χ0v) is 9.17. The van der Waals surface area contributed by atoms with Crippen molar-refractivity contribution in [1.29, 1.82) is 0 Å². The van der Waals surface area contributed by atoms with Crippen LogP contribution in [0.1, 0.15) is 12.5 Å². The van der Waals surface area contributed by atoms with E-state index >= 15 is 0 Å². The first kappa shape index (κ1) is 12.0. The molecule has 0 aromatic heterocycles. The third-order valence-electron chi connectivity index (χ3n) is 1.71. The molecule has 86 valence electrons. The third kappa shape index (κ3) is 4.00. The van der Waals surface area contributed by atoms with Gasteiger partial charge in [0.1, 0.15) is 5.75 Å². The fourth-order valence-electron chi connectivity index (χ4n) is 0.964. The van der Waals surface area contributed by atoms with Crippen molar-refractivity contribution in [3.05, 3.63) is 29.8 Å². The Morgan fingerprint density at radius 2 is 2.06 bits per heavy atom. The highest BCUT2D eigenvalue weighted by Gasteiger charge is 1.99. The van der Waals surface area contributed by atoms with E-state index in [2.05, 4.69) is 14.7 Å². The summed E-state index contributed by atoms with van der Waals surface area (Å²) in [5.74, 6) is 0.753. The molecule has 1 aromatic rings. The molecule has 16 heavy (non-hydrogen) atoms. The lowest BCUT2D eigenvalue weighted by atomic mass is 10.2. The van der Waals surface area contributed by atoms with Crippen molar-refractivity contribution in [3.8, 4) is 5.75 Å². The summed E-state index contributed by atoms with van der Waals surface area (Å²) < 4.78 is 9.52. The molecule has 0 saturated carbocycles. The highest BCUT2D eigenvalue weighted by Crippen LogP contribution is 2.09. The molecule has 1 aromatic carbocycles. The summed E-state index contributed by atoms with van der Waals surface area (Å²) in [5, 5.41) is 3.48. The van der Waals surface area contributed by atoms with Crippen LogP contribution in [0.25, 0.3) is 0 Å². The first-order valence-electron chi connectivity index (χ1n) is 4.77. The first-order valence-corrected chi connectivity index (χ1v) is 4.77. The summed E-state index contributed by atoms with van der Waals surface area (Å²) in [7, 11) is 1.59. The Labute approximate surface area is 93.6 Å². The zero-order valence-electron chi connectivity index (χ0n) is 9.17. The number of nitrogens with zero attached hydrogens (tertiary/aromatic N) is 1. The summed E-state index contributed by atoms with van der Waals surface area (Å²) in [6.45, 7) is 1.95. The van der Waals surface area contributed by atoms with Crippen molar-refractivity contribution in [2.75, 3.05) is 13.7 Å². The lowest BCUT2D eigenvalue weighted by Crippen LogP contribution is -2.02. The van der Waals surface area contributed by atoms with Gasteiger partial charge in [0.25, 0.3) is 0 Å². The van der Waals surface area contributed by atoms with Gasteiger partial charge in [0.2, 0.25) is 0 Å². The number of ether oxygens (including phenoxy) is 2. The largest absolute Gasteiger partial charge is 0.535 e. The highest BCUT2D eigenvalue weighted by atomic mass is 16.8. The summed E-state index contributed by atoms with van der Waals surface area (Å²) in [6, 6.07) is 7.14. The van der Waals surface area contributed by atoms with Gasteiger partial charge in [-0.15, -0.1) is 0 Å². The number of carbonyl (C=O) groups is 1. The number of rotatable bonds is 4. The van der Waals surface area contributed by atoms with Crippen LogP contribution in [0.15, 0.2) is 29.4 Å². The van der Waals surface area contributed by atoms with E-state index in [1.165, 1.54) is 6.21 Å². The van der Waals surface area contributed by atoms with E-state index in [9.17, 15) is 4.79 Å². The molecule has 0 N–H and O–H groups in total. The molecule has 0 radical (unpaired) electrons. The van der Waals surface area contributed by atoms with Crippen molar-refractivity contribution in [1.82, 2.24) is 0 Å². The fourth-order valence-corrected chi connectivity index (χ4v) is 0.964. The number of hydrogen-bond acceptors (Lipinski definition) is 5. The molecule has 0 aliphatic heterocycles. The Morgan fingerprint density at radius 3 is 2.62 bits per heavy atom. The van der Waals surface area contributed by atoms with E-state index < -0.39 is 6.16 Å². The summed E-state index contributed by atoms with van der Waals surface area (Å²) >= 11 is 0. The molecule has 5 nitrogen and oxygen atoms in total. The van der Waals surface area contributed by atoms with Gasteiger partial charge >= 0.3 is 6.16 Å². The molecule has 5 heteroatoms. The normalized spacial score (nSPS) is 10.1. The smallest absolute Gasteiger partial charge is 0.497 e. The molecule has 0 aliphatic carbocycles. The van der Waals surface area contributed by atoms with Crippen molar-refractivity contribution >= 4 is 12.4 Å². The van der Waals surface area contributed by atoms with Gasteiger partial charge in [-0.25, -0.2) is 4.79 Å². The Morgan fingerprint density at radius 1 is 1.38 bits per heavy atom. The standard InChI is InChI=1S/C11H13NO4/c1-3-15-11(13)16-12-8-9-4-6-10(14-2)7-5-9/h4-8H,3H2,1-2H3. The molecule has 0 heterocycles. The van der Waals surface area contributed by atoms with Crippen LogP contribution in [-0.4, -0.2) is 26.1 Å². The lowest BCUT2D eigenvalue weighted by Gasteiger charge is -1.99. The van der Waals surface area contributed by atoms with Crippen molar-refractivity contribution in [3.63, 3.8) is 0 Å². The summed E-state index contributed by atoms with van der Waals surface area (Å²) in [6.07, 6.45) is 0.600. The molecule has 0 fully saturated rings. The van der Waals surface area contributed by atoms with Gasteiger partial charge in [-0.05, 0) is 36.8 Å². The van der Waals surface area contributed by atoms with E-state index in [-0.39, 0.29) is 6.61 Å². The first-order chi connectivity index (χ1) is 7.76. The predicted molar refractivity (Wildman–Crippen MR) is 58.7 cm³/mol. The molecule has 0 atom stereocenters. The van der Waals surface area contributed by atoms with Crippen LogP contribution in [0, 0.1) is 0 Å². The maximum absolute atomic E-state index is 10.8. The van der Waals surface area contributed by atoms with Gasteiger partial charge in [0, 0.05) is 0 Å². The van der Waals surface area contributed by atoms with Crippen LogP contribution in [0.5, 0.6) is 5.75 Å². The number of methoxy groups -OCH3 is 1. The van der Waals surface area contributed by atoms with Crippen molar-refractivity contribution in [2.24, 2.45) is 5.16 Å². The molecular weight excluding hydrogens is 210 g/mol. The van der Waals surface area contributed by atoms with Crippen LogP contribution in [0.3, 0.4) is 0 Å². The maximum atomic E-state index is 10.8. The van der Waals surface area contributed by atoms with E-state index in [1.54, 1.807) is 38.3 Å². The minimum absolute atomic E-state index is 0.261. The number of hydrogen-bond donors (Lipinski definition) is 0. The molecular formula is C11H13NO4. The molecule has 0 aliphatic rings. The second-order valence-corrected chi connectivity index (χ2v) is 2.78. The summed E-state index contributed by atoms with van der Waals surface area (Å²) in [5.41, 5.74) is 0.796. The van der Waals surface area contributed by atoms with Crippen molar-refractivity contribution in [2.45, 2.75) is 6.92 Å². The van der Waals surface area contributed by atoms with Gasteiger partial charge in [-0.3, -0.25) is 4.84 Å². The monoisotopic (exact) mass is 223 g/mol. The van der Waals surface area contributed by atoms with Crippen LogP contribution >= 0.6 is 0 Å². The van der Waals surface area contributed by atoms with E-state index in [0.29, 0.717) is 0 Å². The van der Waals surface area contributed by atoms with E-state index in [1.807, 2.05) is 0 Å². The van der Waals surface area contributed by atoms with Gasteiger partial charge in [0.15, 0.2) is 0 Å². The minimum Gasteiger partial charge on any atom is -0.497 e. The highest BCUT2D eigenvalue weighted by molar-refractivity contribution is 5.79. The molecule has 0 bridgehead atoms. The molecule has 0 amide bonds. The minimum atomic E-state index is -0.813. The average Bonchev–Trinajstić information content (AvgIpc) is 2.30. The summed E-state index contributed by atoms with van der Waals surface area (Å²) in [4.78, 5) is 15.2. The molecule has 1 rings (SSSR count). The predicted octanol–water partition coefficient (Wildman–Crippen LogP) is 2.20. The second-order valence-electron chi connectivity index (χ2n) is 2.78. The molecule has 0 saturated heterocycles. The van der Waals surface area contributed by atoms with Crippen LogP contribution in [0.4, 0.5) is 4.79 Å². The Kier molecular flexibility index (Phi) is 4.85. The second kappa shape index (κ2) is 6.44. The van der Waals surface area contributed by atoms with Gasteiger partial charge in [-0.2, -0.15) is 0 Å². The number of benzene rings is 1. The van der Waals surface area contributed by atoms with Crippen LogP contribution in [0.2, 0.25) is 0 Å². The fraction of sp³-hybridized carbons (Fsp3) is 0.273. The van der Waals surface area contributed by atoms with Gasteiger partial charge < -0.3 is 9.47 Å². The molecule has 0 spiro atoms. The van der Waals surface area contributed by atoms with Crippen LogP contribution in [-0.2, 0) is 9.57 Å². The van der Waals surface area contributed by atoms with Crippen LogP contribution < -0.4 is 4.74 Å². The maximum Gasteiger partial charge on any atom is 0.535 e. The Bertz CT molecular complexity index is 359. The number of oxime groups is 1. The Balaban J connectivity index is 2.46. The van der Waals surface area contributed by atoms with Gasteiger partial charge in [-0.1, -0.05) is 5.16 Å². The quantitative estimate of drug-likeness (QED) is 0.340. The van der Waals surface area contributed by atoms with Crippen molar-refractivity contribution < 1.29 is 19.1 Å². The Hall–Kier alpha value is -2.04. The van der Waals surface area contributed by atoms with Gasteiger partial charge in [0.05, 0.1) is 19.9 Å². The molecule has 0 unspecified atom stereocenters. The zero-order chi connectivity index (χ0) is 11.8. The topological polar surface area (TPSA) is 57.1 Å². The van der Waals surface area contributed by atoms with E-state index in [0.717, 1.165) is 11.3 Å². The lowest BCUT2D eigenvalue weighted by molar-refractivity contribution is 0.0618.